The van der Waals surface area contributed by atoms with Gasteiger partial charge < -0.3 is 29.2 Å². The zero-order chi connectivity index (χ0) is 24.5. The predicted molar refractivity (Wildman–Crippen MR) is 126 cm³/mol. The summed E-state index contributed by atoms with van der Waals surface area (Å²) in [7, 11) is 1.47. The van der Waals surface area contributed by atoms with Crippen LogP contribution >= 0.6 is 0 Å². The Hall–Kier alpha value is -4.19. The number of amides is 2. The van der Waals surface area contributed by atoms with Gasteiger partial charge in [-0.2, -0.15) is 5.26 Å². The zero-order valence-corrected chi connectivity index (χ0v) is 19.4. The second-order valence-corrected chi connectivity index (χ2v) is 7.25. The molecular weight excluding hydrogens is 438 g/mol. The first-order chi connectivity index (χ1) is 16.5. The molecule has 0 aromatic heterocycles. The molecule has 1 aliphatic heterocycles. The van der Waals surface area contributed by atoms with E-state index in [2.05, 4.69) is 5.32 Å². The standard InChI is InChI=1S/C25H27N3O6/c1-4-28(5-2)24(29)16-34-20-8-6-17(13-22(20)31-3)12-18(15-26)25(30)27-19-7-9-21-23(14-19)33-11-10-32-21/h6-9,12-14H,4-5,10-11,16H2,1-3H3,(H,27,30). The van der Waals surface area contributed by atoms with E-state index in [1.54, 1.807) is 41.3 Å². The fourth-order valence-corrected chi connectivity index (χ4v) is 3.34. The van der Waals surface area contributed by atoms with E-state index in [4.69, 9.17) is 18.9 Å². The van der Waals surface area contributed by atoms with Gasteiger partial charge in [-0.05, 0) is 49.8 Å². The number of nitrogens with zero attached hydrogens (tertiary/aromatic N) is 2. The Balaban J connectivity index is 1.72. The number of nitrogens with one attached hydrogen (secondary N) is 1. The molecule has 0 bridgehead atoms. The van der Waals surface area contributed by atoms with Crippen molar-refractivity contribution in [1.29, 1.82) is 5.26 Å². The van der Waals surface area contributed by atoms with E-state index in [0.717, 1.165) is 0 Å². The van der Waals surface area contributed by atoms with Crippen molar-refractivity contribution in [2.75, 3.05) is 45.3 Å². The van der Waals surface area contributed by atoms with Gasteiger partial charge >= 0.3 is 0 Å². The van der Waals surface area contributed by atoms with Crippen LogP contribution in [0.25, 0.3) is 6.08 Å². The second kappa shape index (κ2) is 11.6. The van der Waals surface area contributed by atoms with Crippen LogP contribution in [0.5, 0.6) is 23.0 Å². The summed E-state index contributed by atoms with van der Waals surface area (Å²) in [6.45, 7) is 5.79. The largest absolute Gasteiger partial charge is 0.493 e. The maximum absolute atomic E-state index is 12.7. The van der Waals surface area contributed by atoms with Gasteiger partial charge in [-0.3, -0.25) is 9.59 Å². The van der Waals surface area contributed by atoms with E-state index in [1.165, 1.54) is 13.2 Å². The number of carbonyl (C=O) groups excluding carboxylic acids is 2. The van der Waals surface area contributed by atoms with E-state index in [9.17, 15) is 14.9 Å². The summed E-state index contributed by atoms with van der Waals surface area (Å²) in [6.07, 6.45) is 1.45. The summed E-state index contributed by atoms with van der Waals surface area (Å²) in [4.78, 5) is 26.5. The predicted octanol–water partition coefficient (Wildman–Crippen LogP) is 3.26. The number of anilines is 1. The topological polar surface area (TPSA) is 110 Å². The molecule has 1 heterocycles. The molecule has 0 spiro atoms. The number of ether oxygens (including phenoxy) is 4. The van der Waals surface area contributed by atoms with Crippen molar-refractivity contribution >= 4 is 23.6 Å². The molecule has 1 aliphatic rings. The Morgan fingerprint density at radius 2 is 1.82 bits per heavy atom. The number of fused-ring (bicyclic) bond motifs is 1. The van der Waals surface area contributed by atoms with Crippen LogP contribution in [0.15, 0.2) is 42.0 Å². The zero-order valence-electron chi connectivity index (χ0n) is 19.4. The molecule has 9 nitrogen and oxygen atoms in total. The number of methoxy groups -OCH3 is 1. The molecule has 178 valence electrons. The lowest BCUT2D eigenvalue weighted by atomic mass is 10.1. The molecule has 2 aromatic carbocycles. The van der Waals surface area contributed by atoms with Gasteiger partial charge in [-0.25, -0.2) is 0 Å². The van der Waals surface area contributed by atoms with Gasteiger partial charge in [0.1, 0.15) is 24.9 Å². The van der Waals surface area contributed by atoms with Gasteiger partial charge in [0.15, 0.2) is 29.6 Å². The number of hydrogen-bond acceptors (Lipinski definition) is 7. The third-order valence-electron chi connectivity index (χ3n) is 5.13. The van der Waals surface area contributed by atoms with Crippen LogP contribution in [0.2, 0.25) is 0 Å². The number of hydrogen-bond donors (Lipinski definition) is 1. The van der Waals surface area contributed by atoms with Crippen molar-refractivity contribution in [2.45, 2.75) is 13.8 Å². The summed E-state index contributed by atoms with van der Waals surface area (Å²) in [5, 5.41) is 12.2. The third-order valence-corrected chi connectivity index (χ3v) is 5.13. The van der Waals surface area contributed by atoms with E-state index in [0.29, 0.717) is 60.6 Å². The lowest BCUT2D eigenvalue weighted by Crippen LogP contribution is -2.34. The van der Waals surface area contributed by atoms with Gasteiger partial charge in [0, 0.05) is 24.8 Å². The van der Waals surface area contributed by atoms with Crippen LogP contribution < -0.4 is 24.3 Å². The highest BCUT2D eigenvalue weighted by atomic mass is 16.6. The molecule has 0 aliphatic carbocycles. The molecule has 1 N–H and O–H groups in total. The summed E-state index contributed by atoms with van der Waals surface area (Å²) < 4.78 is 22.0. The molecule has 2 aromatic rings. The first-order valence-corrected chi connectivity index (χ1v) is 10.9. The van der Waals surface area contributed by atoms with E-state index in [1.807, 2.05) is 19.9 Å². The average Bonchev–Trinajstić information content (AvgIpc) is 2.86. The fraction of sp³-hybridized carbons (Fsp3) is 0.320. The fourth-order valence-electron chi connectivity index (χ4n) is 3.34. The Bertz CT molecular complexity index is 1120. The Labute approximate surface area is 198 Å². The van der Waals surface area contributed by atoms with Gasteiger partial charge in [-0.1, -0.05) is 6.07 Å². The SMILES string of the molecule is CCN(CC)C(=O)COc1ccc(C=C(C#N)C(=O)Nc2ccc3c(c2)OCCO3)cc1OC. The first-order valence-electron chi connectivity index (χ1n) is 10.9. The first kappa shape index (κ1) is 24.5. The minimum atomic E-state index is -0.566. The maximum Gasteiger partial charge on any atom is 0.266 e. The molecular formula is C25H27N3O6. The molecule has 0 fully saturated rings. The average molecular weight is 466 g/mol. The molecule has 0 saturated heterocycles. The van der Waals surface area contributed by atoms with Crippen molar-refractivity contribution in [3.8, 4) is 29.1 Å². The van der Waals surface area contributed by atoms with E-state index in [-0.39, 0.29) is 18.1 Å². The van der Waals surface area contributed by atoms with Gasteiger partial charge in [0.2, 0.25) is 0 Å². The molecule has 9 heteroatoms. The van der Waals surface area contributed by atoms with Crippen molar-refractivity contribution in [1.82, 2.24) is 4.90 Å². The Morgan fingerprint density at radius 3 is 2.50 bits per heavy atom. The van der Waals surface area contributed by atoms with E-state index >= 15 is 0 Å². The van der Waals surface area contributed by atoms with Crippen LogP contribution in [0.4, 0.5) is 5.69 Å². The number of rotatable bonds is 9. The third kappa shape index (κ3) is 5.98. The summed E-state index contributed by atoms with van der Waals surface area (Å²) in [6, 6.07) is 11.9. The quantitative estimate of drug-likeness (QED) is 0.447. The maximum atomic E-state index is 12.7. The highest BCUT2D eigenvalue weighted by molar-refractivity contribution is 6.09. The van der Waals surface area contributed by atoms with Crippen molar-refractivity contribution < 1.29 is 28.5 Å². The minimum Gasteiger partial charge on any atom is -0.493 e. The number of likely N-dealkylation sites (N-methyl/N-ethyl adjacent to an activating group) is 1. The molecule has 0 atom stereocenters. The number of benzene rings is 2. The van der Waals surface area contributed by atoms with Gasteiger partial charge in [0.25, 0.3) is 11.8 Å². The van der Waals surface area contributed by atoms with Gasteiger partial charge in [0.05, 0.1) is 7.11 Å². The lowest BCUT2D eigenvalue weighted by molar-refractivity contribution is -0.133. The summed E-state index contributed by atoms with van der Waals surface area (Å²) in [5.41, 5.74) is 0.949. The molecule has 3 rings (SSSR count). The number of carbonyl (C=O) groups is 2. The molecule has 0 radical (unpaired) electrons. The Kier molecular flexibility index (Phi) is 8.35. The van der Waals surface area contributed by atoms with Crippen LogP contribution in [0, 0.1) is 11.3 Å². The van der Waals surface area contributed by atoms with Gasteiger partial charge in [-0.15, -0.1) is 0 Å². The van der Waals surface area contributed by atoms with Crippen LogP contribution in [-0.2, 0) is 9.59 Å². The smallest absolute Gasteiger partial charge is 0.266 e. The summed E-state index contributed by atoms with van der Waals surface area (Å²) in [5.74, 6) is 1.21. The van der Waals surface area contributed by atoms with Crippen LogP contribution in [-0.4, -0.2) is 56.7 Å². The van der Waals surface area contributed by atoms with E-state index < -0.39 is 5.91 Å². The second-order valence-electron chi connectivity index (χ2n) is 7.25. The molecule has 0 saturated carbocycles. The van der Waals surface area contributed by atoms with Crippen molar-refractivity contribution in [3.63, 3.8) is 0 Å². The monoisotopic (exact) mass is 465 g/mol. The van der Waals surface area contributed by atoms with Crippen molar-refractivity contribution in [3.05, 3.63) is 47.5 Å². The Morgan fingerprint density at radius 1 is 1.09 bits per heavy atom. The van der Waals surface area contributed by atoms with Crippen LogP contribution in [0.1, 0.15) is 19.4 Å². The molecule has 34 heavy (non-hydrogen) atoms. The van der Waals surface area contributed by atoms with Crippen molar-refractivity contribution in [2.24, 2.45) is 0 Å². The lowest BCUT2D eigenvalue weighted by Gasteiger charge is -2.19. The molecule has 2 amide bonds. The normalized spacial score (nSPS) is 12.4. The highest BCUT2D eigenvalue weighted by Gasteiger charge is 2.16. The molecule has 0 unspecified atom stereocenters. The highest BCUT2D eigenvalue weighted by Crippen LogP contribution is 2.33. The minimum absolute atomic E-state index is 0.0951. The number of nitriles is 1. The summed E-state index contributed by atoms with van der Waals surface area (Å²) >= 11 is 0. The van der Waals surface area contributed by atoms with Crippen LogP contribution in [0.3, 0.4) is 0 Å².